The van der Waals surface area contributed by atoms with Crippen molar-refractivity contribution >= 4 is 21.6 Å². The van der Waals surface area contributed by atoms with Crippen LogP contribution in [0.3, 0.4) is 0 Å². The molecule has 0 radical (unpaired) electrons. The van der Waals surface area contributed by atoms with E-state index in [-0.39, 0.29) is 0 Å². The topological polar surface area (TPSA) is 25.2 Å². The molecule has 0 amide bonds. The van der Waals surface area contributed by atoms with E-state index in [0.29, 0.717) is 6.54 Å². The third-order valence-electron chi connectivity index (χ3n) is 2.11. The van der Waals surface area contributed by atoms with Gasteiger partial charge in [-0.15, -0.1) is 0 Å². The second-order valence-electron chi connectivity index (χ2n) is 3.43. The fourth-order valence-electron chi connectivity index (χ4n) is 1.39. The molecule has 0 unspecified atom stereocenters. The molecular weight excluding hydrogens is 254 g/mol. The first kappa shape index (κ1) is 10.3. The maximum atomic E-state index is 5.39. The summed E-state index contributed by atoms with van der Waals surface area (Å²) in [6.07, 6.45) is 0. The van der Waals surface area contributed by atoms with Gasteiger partial charge in [0.1, 0.15) is 5.76 Å². The summed E-state index contributed by atoms with van der Waals surface area (Å²) < 4.78 is 6.16. The molecular formula is C12H12BrNO. The van der Waals surface area contributed by atoms with Crippen molar-refractivity contribution in [3.05, 3.63) is 52.4 Å². The molecule has 1 aromatic heterocycles. The molecule has 2 nitrogen and oxygen atoms in total. The van der Waals surface area contributed by atoms with Crippen LogP contribution in [0.25, 0.3) is 0 Å². The molecule has 0 aliphatic heterocycles. The van der Waals surface area contributed by atoms with Crippen molar-refractivity contribution in [2.75, 3.05) is 5.32 Å². The lowest BCUT2D eigenvalue weighted by atomic mass is 10.2. The van der Waals surface area contributed by atoms with Gasteiger partial charge in [0.2, 0.25) is 0 Å². The van der Waals surface area contributed by atoms with Crippen LogP contribution < -0.4 is 5.32 Å². The lowest BCUT2D eigenvalue weighted by Crippen LogP contribution is -1.97. The minimum absolute atomic E-state index is 0.703. The minimum Gasteiger partial charge on any atom is -0.452 e. The Morgan fingerprint density at radius 3 is 2.80 bits per heavy atom. The summed E-state index contributed by atoms with van der Waals surface area (Å²) in [5, 5.41) is 3.30. The van der Waals surface area contributed by atoms with Crippen LogP contribution >= 0.6 is 15.9 Å². The van der Waals surface area contributed by atoms with E-state index in [9.17, 15) is 0 Å². The van der Waals surface area contributed by atoms with Crippen molar-refractivity contribution in [3.63, 3.8) is 0 Å². The van der Waals surface area contributed by atoms with Crippen molar-refractivity contribution in [2.24, 2.45) is 0 Å². The lowest BCUT2D eigenvalue weighted by Gasteiger charge is -2.04. The Labute approximate surface area is 97.4 Å². The van der Waals surface area contributed by atoms with Crippen LogP contribution in [-0.4, -0.2) is 0 Å². The third kappa shape index (κ3) is 2.86. The molecule has 78 valence electrons. The summed E-state index contributed by atoms with van der Waals surface area (Å²) in [6, 6.07) is 12.1. The van der Waals surface area contributed by atoms with Gasteiger partial charge in [-0.1, -0.05) is 12.1 Å². The van der Waals surface area contributed by atoms with E-state index < -0.39 is 0 Å². The van der Waals surface area contributed by atoms with Crippen LogP contribution in [0.4, 0.5) is 5.69 Å². The van der Waals surface area contributed by atoms with Gasteiger partial charge in [0.05, 0.1) is 6.54 Å². The number of nitrogens with one attached hydrogen (secondary N) is 1. The van der Waals surface area contributed by atoms with Gasteiger partial charge >= 0.3 is 0 Å². The Kier molecular flexibility index (Phi) is 3.11. The summed E-state index contributed by atoms with van der Waals surface area (Å²) >= 11 is 3.28. The molecule has 0 aliphatic carbocycles. The first-order valence-corrected chi connectivity index (χ1v) is 5.58. The third-order valence-corrected chi connectivity index (χ3v) is 2.54. The molecule has 1 heterocycles. The van der Waals surface area contributed by atoms with Crippen molar-refractivity contribution < 1.29 is 4.42 Å². The second-order valence-corrected chi connectivity index (χ2v) is 4.21. The first-order chi connectivity index (χ1) is 7.24. The van der Waals surface area contributed by atoms with Crippen LogP contribution in [0, 0.1) is 6.92 Å². The van der Waals surface area contributed by atoms with Crippen LogP contribution in [-0.2, 0) is 6.54 Å². The number of hydrogen-bond donors (Lipinski definition) is 1. The van der Waals surface area contributed by atoms with Crippen molar-refractivity contribution in [2.45, 2.75) is 13.5 Å². The zero-order valence-electron chi connectivity index (χ0n) is 8.46. The van der Waals surface area contributed by atoms with Gasteiger partial charge < -0.3 is 9.73 Å². The van der Waals surface area contributed by atoms with Gasteiger partial charge in [-0.2, -0.15) is 0 Å². The Bertz CT molecular complexity index is 450. The molecule has 1 aromatic carbocycles. The van der Waals surface area contributed by atoms with E-state index in [1.807, 2.05) is 24.3 Å². The first-order valence-electron chi connectivity index (χ1n) is 4.79. The van der Waals surface area contributed by atoms with Gasteiger partial charge in [-0.05, 0) is 52.7 Å². The normalized spacial score (nSPS) is 10.3. The summed E-state index contributed by atoms with van der Waals surface area (Å²) in [5.41, 5.74) is 2.36. The Morgan fingerprint density at radius 1 is 1.27 bits per heavy atom. The standard InChI is InChI=1S/C12H12BrNO/c1-9-3-2-4-10(7-9)14-8-11-5-6-12(13)15-11/h2-7,14H,8H2,1H3. The summed E-state index contributed by atoms with van der Waals surface area (Å²) in [6.45, 7) is 2.78. The maximum absolute atomic E-state index is 5.39. The number of rotatable bonds is 3. The van der Waals surface area contributed by atoms with Crippen molar-refractivity contribution in [1.29, 1.82) is 0 Å². The van der Waals surface area contributed by atoms with E-state index >= 15 is 0 Å². The van der Waals surface area contributed by atoms with Gasteiger partial charge in [0.25, 0.3) is 0 Å². The molecule has 2 aromatic rings. The maximum Gasteiger partial charge on any atom is 0.169 e. The number of furan rings is 1. The van der Waals surface area contributed by atoms with Crippen molar-refractivity contribution in [3.8, 4) is 0 Å². The predicted molar refractivity (Wildman–Crippen MR) is 64.9 cm³/mol. The van der Waals surface area contributed by atoms with Crippen molar-refractivity contribution in [1.82, 2.24) is 0 Å². The van der Waals surface area contributed by atoms with E-state index in [2.05, 4.69) is 40.3 Å². The number of hydrogen-bond acceptors (Lipinski definition) is 2. The Morgan fingerprint density at radius 2 is 2.13 bits per heavy atom. The largest absolute Gasteiger partial charge is 0.452 e. The molecule has 15 heavy (non-hydrogen) atoms. The predicted octanol–water partition coefficient (Wildman–Crippen LogP) is 3.96. The average Bonchev–Trinajstić information content (AvgIpc) is 2.62. The number of aryl methyl sites for hydroxylation is 1. The zero-order chi connectivity index (χ0) is 10.7. The van der Waals surface area contributed by atoms with Crippen LogP contribution in [0.5, 0.6) is 0 Å². The monoisotopic (exact) mass is 265 g/mol. The smallest absolute Gasteiger partial charge is 0.169 e. The molecule has 3 heteroatoms. The Hall–Kier alpha value is -1.22. The molecule has 0 bridgehead atoms. The van der Waals surface area contributed by atoms with Crippen LogP contribution in [0.15, 0.2) is 45.5 Å². The summed E-state index contributed by atoms with van der Waals surface area (Å²) in [7, 11) is 0. The second kappa shape index (κ2) is 4.53. The minimum atomic E-state index is 0.703. The summed E-state index contributed by atoms with van der Waals surface area (Å²) in [4.78, 5) is 0. The molecule has 0 saturated carbocycles. The van der Waals surface area contributed by atoms with Crippen LogP contribution in [0.1, 0.15) is 11.3 Å². The van der Waals surface area contributed by atoms with E-state index in [1.165, 1.54) is 5.56 Å². The molecule has 0 aliphatic rings. The molecule has 0 atom stereocenters. The zero-order valence-corrected chi connectivity index (χ0v) is 10.0. The molecule has 1 N–H and O–H groups in total. The SMILES string of the molecule is Cc1cccc(NCc2ccc(Br)o2)c1. The highest BCUT2D eigenvalue weighted by Gasteiger charge is 1.99. The highest BCUT2D eigenvalue weighted by Crippen LogP contribution is 2.16. The van der Waals surface area contributed by atoms with Gasteiger partial charge in [-0.3, -0.25) is 0 Å². The average molecular weight is 266 g/mol. The lowest BCUT2D eigenvalue weighted by molar-refractivity contribution is 0.495. The fraction of sp³-hybridized carbons (Fsp3) is 0.167. The molecule has 0 spiro atoms. The van der Waals surface area contributed by atoms with Gasteiger partial charge in [0.15, 0.2) is 4.67 Å². The van der Waals surface area contributed by atoms with Gasteiger partial charge in [-0.25, -0.2) is 0 Å². The number of halogens is 1. The van der Waals surface area contributed by atoms with Gasteiger partial charge in [0, 0.05) is 5.69 Å². The molecule has 0 fully saturated rings. The highest BCUT2D eigenvalue weighted by molar-refractivity contribution is 9.10. The van der Waals surface area contributed by atoms with E-state index in [1.54, 1.807) is 0 Å². The van der Waals surface area contributed by atoms with E-state index in [4.69, 9.17) is 4.42 Å². The quantitative estimate of drug-likeness (QED) is 0.909. The van der Waals surface area contributed by atoms with Crippen LogP contribution in [0.2, 0.25) is 0 Å². The number of benzene rings is 1. The Balaban J connectivity index is 1.99. The fourth-order valence-corrected chi connectivity index (χ4v) is 1.73. The molecule has 0 saturated heterocycles. The molecule has 2 rings (SSSR count). The highest BCUT2D eigenvalue weighted by atomic mass is 79.9. The summed E-state index contributed by atoms with van der Waals surface area (Å²) in [5.74, 6) is 0.920. The number of anilines is 1. The van der Waals surface area contributed by atoms with E-state index in [0.717, 1.165) is 16.1 Å².